The Bertz CT molecular complexity index is 586. The van der Waals surface area contributed by atoms with Crippen molar-refractivity contribution in [3.63, 3.8) is 0 Å². The fourth-order valence-corrected chi connectivity index (χ4v) is 1.98. The van der Waals surface area contributed by atoms with Crippen LogP contribution in [0.1, 0.15) is 19.4 Å². The number of benzene rings is 1. The molecule has 0 fully saturated rings. The van der Waals surface area contributed by atoms with Crippen LogP contribution in [-0.2, 0) is 6.54 Å². The molecule has 0 saturated heterocycles. The molecule has 0 atom stereocenters. The summed E-state index contributed by atoms with van der Waals surface area (Å²) in [7, 11) is 0. The molecule has 0 aliphatic carbocycles. The first kappa shape index (κ1) is 18.8. The van der Waals surface area contributed by atoms with Crippen LogP contribution in [0.5, 0.6) is 0 Å². The number of rotatable bonds is 5. The highest BCUT2D eigenvalue weighted by molar-refractivity contribution is 14.0. The normalized spacial score (nSPS) is 9.77. The average molecular weight is 434 g/mol. The average Bonchev–Trinajstić information content (AvgIpc) is 2.95. The van der Waals surface area contributed by atoms with Gasteiger partial charge in [-0.3, -0.25) is 0 Å². The molecule has 2 N–H and O–H groups in total. The minimum absolute atomic E-state index is 0. The zero-order chi connectivity index (χ0) is 15.1. The van der Waals surface area contributed by atoms with Gasteiger partial charge in [-0.15, -0.1) is 24.0 Å². The van der Waals surface area contributed by atoms with Crippen LogP contribution in [0, 0.1) is 0 Å². The third-order valence-electron chi connectivity index (χ3n) is 2.84. The highest BCUT2D eigenvalue weighted by atomic mass is 127. The van der Waals surface area contributed by atoms with Crippen molar-refractivity contribution in [3.8, 4) is 5.69 Å². The van der Waals surface area contributed by atoms with Crippen LogP contribution in [-0.4, -0.2) is 28.8 Å². The van der Waals surface area contributed by atoms with Gasteiger partial charge >= 0.3 is 0 Å². The Labute approximate surface area is 153 Å². The molecule has 1 aromatic carbocycles. The van der Waals surface area contributed by atoms with E-state index in [4.69, 9.17) is 11.6 Å². The van der Waals surface area contributed by atoms with Gasteiger partial charge in [-0.1, -0.05) is 11.6 Å². The van der Waals surface area contributed by atoms with Crippen LogP contribution in [0.3, 0.4) is 0 Å². The summed E-state index contributed by atoms with van der Waals surface area (Å²) in [5, 5.41) is 11.5. The second kappa shape index (κ2) is 9.68. The highest BCUT2D eigenvalue weighted by Gasteiger charge is 2.01. The second-order valence-corrected chi connectivity index (χ2v) is 4.93. The van der Waals surface area contributed by atoms with Gasteiger partial charge < -0.3 is 10.6 Å². The van der Waals surface area contributed by atoms with Crippen molar-refractivity contribution in [1.29, 1.82) is 0 Å². The smallest absolute Gasteiger partial charge is 0.191 e. The molecule has 5 nitrogen and oxygen atoms in total. The molecule has 7 heteroatoms. The van der Waals surface area contributed by atoms with E-state index in [0.717, 1.165) is 35.3 Å². The van der Waals surface area contributed by atoms with Crippen molar-refractivity contribution in [2.45, 2.75) is 20.4 Å². The molecular weight excluding hydrogens is 413 g/mol. The van der Waals surface area contributed by atoms with E-state index in [2.05, 4.69) is 20.7 Å². The minimum atomic E-state index is 0. The van der Waals surface area contributed by atoms with Gasteiger partial charge in [0.25, 0.3) is 0 Å². The molecular formula is C15H21ClIN5. The predicted octanol–water partition coefficient (Wildman–Crippen LogP) is 3.22. The lowest BCUT2D eigenvalue weighted by Gasteiger charge is -2.08. The van der Waals surface area contributed by atoms with Crippen molar-refractivity contribution in [1.82, 2.24) is 20.4 Å². The molecule has 0 bridgehead atoms. The number of hydrogen-bond donors (Lipinski definition) is 2. The molecule has 2 rings (SSSR count). The number of aliphatic imine (C=N–C) groups is 1. The first-order chi connectivity index (χ1) is 10.2. The quantitative estimate of drug-likeness (QED) is 0.432. The third kappa shape index (κ3) is 5.49. The Hall–Kier alpha value is -1.28. The maximum atomic E-state index is 5.89. The monoisotopic (exact) mass is 433 g/mol. The summed E-state index contributed by atoms with van der Waals surface area (Å²) >= 11 is 5.89. The van der Waals surface area contributed by atoms with E-state index in [1.165, 1.54) is 0 Å². The lowest BCUT2D eigenvalue weighted by molar-refractivity contribution is 0.839. The van der Waals surface area contributed by atoms with Crippen LogP contribution >= 0.6 is 35.6 Å². The largest absolute Gasteiger partial charge is 0.357 e. The lowest BCUT2D eigenvalue weighted by Crippen LogP contribution is -2.36. The van der Waals surface area contributed by atoms with Crippen LogP contribution in [0.25, 0.3) is 5.69 Å². The molecule has 0 spiro atoms. The number of nitrogens with zero attached hydrogens (tertiary/aromatic N) is 3. The zero-order valence-corrected chi connectivity index (χ0v) is 15.8. The van der Waals surface area contributed by atoms with Crippen molar-refractivity contribution in [2.24, 2.45) is 4.99 Å². The maximum Gasteiger partial charge on any atom is 0.191 e. The molecule has 0 unspecified atom stereocenters. The standard InChI is InChI=1S/C15H20ClN5.HI/c1-3-17-15(18-4-2)19-9-12-10-20-21(11-12)14-7-5-13(16)6-8-14;/h5-8,10-11H,3-4,9H2,1-2H3,(H2,17,18,19);1H. The molecule has 0 aliphatic heterocycles. The summed E-state index contributed by atoms with van der Waals surface area (Å²) in [5.41, 5.74) is 2.03. The summed E-state index contributed by atoms with van der Waals surface area (Å²) in [6.45, 7) is 6.37. The third-order valence-corrected chi connectivity index (χ3v) is 3.09. The highest BCUT2D eigenvalue weighted by Crippen LogP contribution is 2.13. The van der Waals surface area contributed by atoms with Crippen molar-refractivity contribution < 1.29 is 0 Å². The molecule has 0 radical (unpaired) electrons. The summed E-state index contributed by atoms with van der Waals surface area (Å²) in [6, 6.07) is 7.58. The summed E-state index contributed by atoms with van der Waals surface area (Å²) in [6.07, 6.45) is 3.80. The Morgan fingerprint density at radius 2 is 1.82 bits per heavy atom. The van der Waals surface area contributed by atoms with E-state index in [1.54, 1.807) is 0 Å². The number of aromatic nitrogens is 2. The number of hydrogen-bond acceptors (Lipinski definition) is 2. The van der Waals surface area contributed by atoms with Gasteiger partial charge in [-0.2, -0.15) is 5.10 Å². The predicted molar refractivity (Wildman–Crippen MR) is 102 cm³/mol. The fourth-order valence-electron chi connectivity index (χ4n) is 1.86. The van der Waals surface area contributed by atoms with Gasteiger partial charge in [-0.05, 0) is 38.1 Å². The van der Waals surface area contributed by atoms with Crippen molar-refractivity contribution in [3.05, 3.63) is 47.2 Å². The second-order valence-electron chi connectivity index (χ2n) is 4.50. The first-order valence-corrected chi connectivity index (χ1v) is 7.42. The Morgan fingerprint density at radius 1 is 1.18 bits per heavy atom. The first-order valence-electron chi connectivity index (χ1n) is 7.04. The summed E-state index contributed by atoms with van der Waals surface area (Å²) in [5.74, 6) is 0.819. The maximum absolute atomic E-state index is 5.89. The van der Waals surface area contributed by atoms with Gasteiger partial charge in [0.15, 0.2) is 5.96 Å². The van der Waals surface area contributed by atoms with Crippen LogP contribution in [0.2, 0.25) is 5.02 Å². The van der Waals surface area contributed by atoms with E-state index in [0.29, 0.717) is 6.54 Å². The van der Waals surface area contributed by atoms with Gasteiger partial charge in [0, 0.05) is 29.9 Å². The Kier molecular flexibility index (Phi) is 8.26. The minimum Gasteiger partial charge on any atom is -0.357 e. The van der Waals surface area contributed by atoms with Crippen LogP contribution < -0.4 is 10.6 Å². The number of halogens is 2. The zero-order valence-electron chi connectivity index (χ0n) is 12.7. The Morgan fingerprint density at radius 3 is 2.41 bits per heavy atom. The van der Waals surface area contributed by atoms with Gasteiger partial charge in [0.2, 0.25) is 0 Å². The van der Waals surface area contributed by atoms with E-state index >= 15 is 0 Å². The SMILES string of the molecule is CCNC(=NCc1cnn(-c2ccc(Cl)cc2)c1)NCC.I. The van der Waals surface area contributed by atoms with Crippen LogP contribution in [0.15, 0.2) is 41.7 Å². The van der Waals surface area contributed by atoms with Gasteiger partial charge in [-0.25, -0.2) is 9.67 Å². The fraction of sp³-hybridized carbons (Fsp3) is 0.333. The molecule has 1 aromatic heterocycles. The van der Waals surface area contributed by atoms with E-state index in [9.17, 15) is 0 Å². The van der Waals surface area contributed by atoms with E-state index < -0.39 is 0 Å². The summed E-state index contributed by atoms with van der Waals surface area (Å²) in [4.78, 5) is 4.51. The van der Waals surface area contributed by atoms with E-state index in [1.807, 2.05) is 55.2 Å². The summed E-state index contributed by atoms with van der Waals surface area (Å²) < 4.78 is 1.82. The van der Waals surface area contributed by atoms with Gasteiger partial charge in [0.1, 0.15) is 0 Å². The number of guanidine groups is 1. The molecule has 0 amide bonds. The molecule has 120 valence electrons. The Balaban J connectivity index is 0.00000242. The van der Waals surface area contributed by atoms with Crippen molar-refractivity contribution >= 4 is 41.5 Å². The lowest BCUT2D eigenvalue weighted by atomic mass is 10.3. The molecule has 1 heterocycles. The van der Waals surface area contributed by atoms with Gasteiger partial charge in [0.05, 0.1) is 18.4 Å². The number of nitrogens with one attached hydrogen (secondary N) is 2. The molecule has 2 aromatic rings. The van der Waals surface area contributed by atoms with Crippen LogP contribution in [0.4, 0.5) is 0 Å². The van der Waals surface area contributed by atoms with Crippen molar-refractivity contribution in [2.75, 3.05) is 13.1 Å². The van der Waals surface area contributed by atoms with E-state index in [-0.39, 0.29) is 24.0 Å². The topological polar surface area (TPSA) is 54.2 Å². The molecule has 0 saturated carbocycles. The molecule has 0 aliphatic rings. The molecule has 22 heavy (non-hydrogen) atoms.